The van der Waals surface area contributed by atoms with Crippen molar-refractivity contribution in [1.82, 2.24) is 4.90 Å². The predicted octanol–water partition coefficient (Wildman–Crippen LogP) is 4.41. The molecule has 1 heterocycles. The van der Waals surface area contributed by atoms with E-state index < -0.39 is 17.3 Å². The molecular weight excluding hydrogens is 436 g/mol. The van der Waals surface area contributed by atoms with Crippen LogP contribution < -0.4 is 9.64 Å². The quantitative estimate of drug-likeness (QED) is 0.568. The SMILES string of the molecule is CCN(C)CCN1C(=O)[C@@H](OC(C)=O)[C@@H](c2ccc(OC)cc2)Sc2cc(Cl)ccc21. The lowest BCUT2D eigenvalue weighted by atomic mass is 10.1. The van der Waals surface area contributed by atoms with Crippen LogP contribution in [0.3, 0.4) is 0 Å². The first kappa shape index (κ1) is 23.4. The van der Waals surface area contributed by atoms with Crippen LogP contribution in [0, 0.1) is 0 Å². The van der Waals surface area contributed by atoms with E-state index in [0.29, 0.717) is 23.9 Å². The van der Waals surface area contributed by atoms with E-state index >= 15 is 0 Å². The van der Waals surface area contributed by atoms with Crippen molar-refractivity contribution in [1.29, 1.82) is 0 Å². The summed E-state index contributed by atoms with van der Waals surface area (Å²) in [6.45, 7) is 5.43. The topological polar surface area (TPSA) is 59.1 Å². The number of halogens is 1. The Hall–Kier alpha value is -2.22. The third kappa shape index (κ3) is 5.53. The van der Waals surface area contributed by atoms with Crippen molar-refractivity contribution >= 4 is 40.9 Å². The fraction of sp³-hybridized carbons (Fsp3) is 0.391. The maximum atomic E-state index is 13.7. The third-order valence-corrected chi connectivity index (χ3v) is 6.82. The molecule has 0 fully saturated rings. The van der Waals surface area contributed by atoms with Gasteiger partial charge in [0.15, 0.2) is 6.10 Å². The fourth-order valence-corrected chi connectivity index (χ4v) is 4.99. The number of carbonyl (C=O) groups excluding carboxylic acids is 2. The number of likely N-dealkylation sites (N-methyl/N-ethyl adjacent to an activating group) is 1. The molecule has 0 bridgehead atoms. The zero-order valence-corrected chi connectivity index (χ0v) is 19.7. The number of hydrogen-bond acceptors (Lipinski definition) is 6. The average Bonchev–Trinajstić information content (AvgIpc) is 2.86. The zero-order valence-electron chi connectivity index (χ0n) is 18.1. The molecule has 0 saturated heterocycles. The molecule has 1 aliphatic heterocycles. The van der Waals surface area contributed by atoms with E-state index in [0.717, 1.165) is 22.7 Å². The molecule has 0 aromatic heterocycles. The number of esters is 1. The van der Waals surface area contributed by atoms with Crippen molar-refractivity contribution in [2.45, 2.75) is 30.1 Å². The van der Waals surface area contributed by atoms with E-state index in [2.05, 4.69) is 11.8 Å². The van der Waals surface area contributed by atoms with Gasteiger partial charge >= 0.3 is 5.97 Å². The third-order valence-electron chi connectivity index (χ3n) is 5.23. The number of hydrogen-bond donors (Lipinski definition) is 0. The van der Waals surface area contributed by atoms with Crippen molar-refractivity contribution < 1.29 is 19.1 Å². The first-order valence-corrected chi connectivity index (χ1v) is 11.4. The monoisotopic (exact) mass is 462 g/mol. The lowest BCUT2D eigenvalue weighted by Gasteiger charge is -2.29. The molecule has 0 aliphatic carbocycles. The molecule has 0 saturated carbocycles. The summed E-state index contributed by atoms with van der Waals surface area (Å²) in [6, 6.07) is 13.0. The Morgan fingerprint density at radius 3 is 2.55 bits per heavy atom. The minimum absolute atomic E-state index is 0.242. The van der Waals surface area contributed by atoms with E-state index in [1.165, 1.54) is 18.7 Å². The number of methoxy groups -OCH3 is 1. The zero-order chi connectivity index (χ0) is 22.5. The Kier molecular flexibility index (Phi) is 7.86. The van der Waals surface area contributed by atoms with Crippen LogP contribution in [0.25, 0.3) is 0 Å². The second kappa shape index (κ2) is 10.4. The van der Waals surface area contributed by atoms with Crippen LogP contribution in [0.5, 0.6) is 5.75 Å². The highest BCUT2D eigenvalue weighted by atomic mass is 35.5. The standard InChI is InChI=1S/C23H27ClN2O4S/c1-5-25(3)12-13-26-19-11-8-17(24)14-20(19)31-22(21(23(26)28)30-15(2)27)16-6-9-18(29-4)10-7-16/h6-11,14,21-22H,5,12-13H2,1-4H3/t21-,22+/m0/s1. The molecule has 2 atom stereocenters. The van der Waals surface area contributed by atoms with Crippen LogP contribution in [0.2, 0.25) is 5.02 Å². The predicted molar refractivity (Wildman–Crippen MR) is 124 cm³/mol. The van der Waals surface area contributed by atoms with Gasteiger partial charge in [-0.2, -0.15) is 0 Å². The van der Waals surface area contributed by atoms with E-state index in [4.69, 9.17) is 21.1 Å². The first-order valence-electron chi connectivity index (χ1n) is 10.1. The molecule has 0 radical (unpaired) electrons. The lowest BCUT2D eigenvalue weighted by Crippen LogP contribution is -2.45. The van der Waals surface area contributed by atoms with Crippen LogP contribution in [-0.2, 0) is 14.3 Å². The number of carbonyl (C=O) groups is 2. The highest BCUT2D eigenvalue weighted by molar-refractivity contribution is 7.99. The number of fused-ring (bicyclic) bond motifs is 1. The maximum Gasteiger partial charge on any atom is 0.303 e. The molecule has 0 N–H and O–H groups in total. The molecule has 0 unspecified atom stereocenters. The van der Waals surface area contributed by atoms with Crippen LogP contribution in [0.1, 0.15) is 24.7 Å². The van der Waals surface area contributed by atoms with Crippen LogP contribution in [0.15, 0.2) is 47.4 Å². The number of amides is 1. The molecule has 3 rings (SSSR count). The summed E-state index contributed by atoms with van der Waals surface area (Å²) in [5, 5.41) is 0.164. The maximum absolute atomic E-state index is 13.7. The summed E-state index contributed by atoms with van der Waals surface area (Å²) >= 11 is 7.77. The van der Waals surface area contributed by atoms with Gasteiger partial charge in [-0.25, -0.2) is 0 Å². The van der Waals surface area contributed by atoms with Gasteiger partial charge in [-0.1, -0.05) is 30.7 Å². The number of anilines is 1. The molecule has 1 aliphatic rings. The van der Waals surface area contributed by atoms with Crippen LogP contribution in [0.4, 0.5) is 5.69 Å². The molecule has 2 aromatic carbocycles. The number of rotatable bonds is 7. The first-order chi connectivity index (χ1) is 14.8. The van der Waals surface area contributed by atoms with E-state index in [-0.39, 0.29) is 5.91 Å². The summed E-state index contributed by atoms with van der Waals surface area (Å²) in [4.78, 5) is 30.3. The summed E-state index contributed by atoms with van der Waals surface area (Å²) in [6.07, 6.45) is -0.964. The molecule has 8 heteroatoms. The number of ether oxygens (including phenoxy) is 2. The Labute approximate surface area is 192 Å². The van der Waals surface area contributed by atoms with Gasteiger partial charge in [-0.05, 0) is 49.5 Å². The van der Waals surface area contributed by atoms with Crippen molar-refractivity contribution in [3.63, 3.8) is 0 Å². The normalized spacial score (nSPS) is 18.5. The second-order valence-electron chi connectivity index (χ2n) is 7.34. The fourth-order valence-electron chi connectivity index (χ4n) is 3.39. The molecule has 6 nitrogen and oxygen atoms in total. The van der Waals surface area contributed by atoms with Gasteiger partial charge in [0.05, 0.1) is 18.0 Å². The summed E-state index contributed by atoms with van der Waals surface area (Å²) in [7, 11) is 3.60. The van der Waals surface area contributed by atoms with Crippen molar-refractivity contribution in [2.75, 3.05) is 38.7 Å². The smallest absolute Gasteiger partial charge is 0.303 e. The highest BCUT2D eigenvalue weighted by Crippen LogP contribution is 2.47. The molecule has 166 valence electrons. The van der Waals surface area contributed by atoms with Gasteiger partial charge in [-0.15, -0.1) is 11.8 Å². The minimum atomic E-state index is -0.964. The van der Waals surface area contributed by atoms with Crippen molar-refractivity contribution in [2.24, 2.45) is 0 Å². The van der Waals surface area contributed by atoms with Gasteiger partial charge in [0.2, 0.25) is 0 Å². The molecule has 2 aromatic rings. The molecule has 0 spiro atoms. The highest BCUT2D eigenvalue weighted by Gasteiger charge is 2.40. The largest absolute Gasteiger partial charge is 0.497 e. The summed E-state index contributed by atoms with van der Waals surface area (Å²) < 4.78 is 10.9. The second-order valence-corrected chi connectivity index (χ2v) is 8.96. The Morgan fingerprint density at radius 2 is 1.94 bits per heavy atom. The van der Waals surface area contributed by atoms with Gasteiger partial charge in [0.25, 0.3) is 5.91 Å². The summed E-state index contributed by atoms with van der Waals surface area (Å²) in [5.74, 6) is -0.0217. The van der Waals surface area contributed by atoms with Crippen LogP contribution >= 0.6 is 23.4 Å². The summed E-state index contributed by atoms with van der Waals surface area (Å²) in [5.41, 5.74) is 1.64. The van der Waals surface area contributed by atoms with Gasteiger partial charge < -0.3 is 19.3 Å². The molecular formula is C23H27ClN2O4S. The Bertz CT molecular complexity index is 938. The molecule has 1 amide bonds. The molecule has 31 heavy (non-hydrogen) atoms. The van der Waals surface area contributed by atoms with E-state index in [1.54, 1.807) is 18.1 Å². The van der Waals surface area contributed by atoms with Gasteiger partial charge in [0, 0.05) is 29.9 Å². The van der Waals surface area contributed by atoms with Crippen molar-refractivity contribution in [3.05, 3.63) is 53.1 Å². The van der Waals surface area contributed by atoms with E-state index in [1.807, 2.05) is 43.4 Å². The van der Waals surface area contributed by atoms with Crippen molar-refractivity contribution in [3.8, 4) is 5.75 Å². The van der Waals surface area contributed by atoms with Crippen LogP contribution in [-0.4, -0.2) is 56.7 Å². The number of nitrogens with zero attached hydrogens (tertiary/aromatic N) is 2. The van der Waals surface area contributed by atoms with Gasteiger partial charge in [0.1, 0.15) is 5.75 Å². The average molecular weight is 463 g/mol. The lowest BCUT2D eigenvalue weighted by molar-refractivity contribution is -0.152. The number of thioether (sulfide) groups is 1. The Morgan fingerprint density at radius 1 is 1.23 bits per heavy atom. The minimum Gasteiger partial charge on any atom is -0.497 e. The van der Waals surface area contributed by atoms with E-state index in [9.17, 15) is 9.59 Å². The van der Waals surface area contributed by atoms with Gasteiger partial charge in [-0.3, -0.25) is 9.59 Å². The number of benzene rings is 2. The Balaban J connectivity index is 2.07.